The zero-order valence-electron chi connectivity index (χ0n) is 16.0. The average molecular weight is 393 g/mol. The maximum atomic E-state index is 12.8. The third-order valence-corrected chi connectivity index (χ3v) is 4.69. The number of amides is 2. The zero-order chi connectivity index (χ0) is 20.8. The molecule has 0 aliphatic rings. The van der Waals surface area contributed by atoms with Gasteiger partial charge >= 0.3 is 5.97 Å². The number of H-pyrrole nitrogens is 1. The van der Waals surface area contributed by atoms with E-state index in [0.29, 0.717) is 0 Å². The number of aromatic amines is 1. The average Bonchev–Trinajstić information content (AvgIpc) is 3.10. The number of benzene rings is 2. The molecule has 150 valence electrons. The molecule has 2 aromatic carbocycles. The van der Waals surface area contributed by atoms with Crippen molar-refractivity contribution in [1.82, 2.24) is 15.6 Å². The fraction of sp³-hybridized carbons (Fsp3) is 0.227. The molecule has 3 rings (SSSR count). The van der Waals surface area contributed by atoms with Gasteiger partial charge in [0.1, 0.15) is 12.1 Å². The van der Waals surface area contributed by atoms with Gasteiger partial charge in [0.05, 0.1) is 0 Å². The zero-order valence-corrected chi connectivity index (χ0v) is 16.0. The molecule has 0 bridgehead atoms. The van der Waals surface area contributed by atoms with Gasteiger partial charge in [-0.05, 0) is 17.2 Å². The van der Waals surface area contributed by atoms with Crippen molar-refractivity contribution < 1.29 is 19.5 Å². The van der Waals surface area contributed by atoms with Gasteiger partial charge in [0.15, 0.2) is 0 Å². The van der Waals surface area contributed by atoms with Crippen molar-refractivity contribution in [2.45, 2.75) is 31.8 Å². The van der Waals surface area contributed by atoms with Crippen LogP contribution in [0.25, 0.3) is 10.9 Å². The minimum atomic E-state index is -1.13. The minimum absolute atomic E-state index is 0.128. The van der Waals surface area contributed by atoms with Crippen LogP contribution in [0.3, 0.4) is 0 Å². The molecular weight excluding hydrogens is 370 g/mol. The summed E-state index contributed by atoms with van der Waals surface area (Å²) in [5.74, 6) is -2.02. The van der Waals surface area contributed by atoms with Crippen molar-refractivity contribution in [1.29, 1.82) is 0 Å². The molecule has 1 heterocycles. The van der Waals surface area contributed by atoms with Crippen molar-refractivity contribution in [3.63, 3.8) is 0 Å². The first-order valence-electron chi connectivity index (χ1n) is 9.33. The summed E-state index contributed by atoms with van der Waals surface area (Å²) >= 11 is 0. The summed E-state index contributed by atoms with van der Waals surface area (Å²) < 4.78 is 0. The molecule has 4 N–H and O–H groups in total. The van der Waals surface area contributed by atoms with E-state index in [-0.39, 0.29) is 18.7 Å². The first kappa shape index (κ1) is 20.1. The molecule has 0 aliphatic carbocycles. The fourth-order valence-corrected chi connectivity index (χ4v) is 3.30. The molecule has 0 saturated heterocycles. The Morgan fingerprint density at radius 2 is 1.62 bits per heavy atom. The molecule has 29 heavy (non-hydrogen) atoms. The van der Waals surface area contributed by atoms with Crippen LogP contribution >= 0.6 is 0 Å². The number of fused-ring (bicyclic) bond motifs is 1. The number of carboxylic acid groups (broad SMARTS) is 1. The van der Waals surface area contributed by atoms with Crippen LogP contribution in [-0.4, -0.2) is 40.0 Å². The number of carbonyl (C=O) groups is 3. The Balaban J connectivity index is 1.75. The van der Waals surface area contributed by atoms with Crippen LogP contribution in [0.5, 0.6) is 0 Å². The molecule has 0 fully saturated rings. The number of hydrogen-bond donors (Lipinski definition) is 4. The third-order valence-electron chi connectivity index (χ3n) is 4.69. The summed E-state index contributed by atoms with van der Waals surface area (Å²) in [6.45, 7) is 1.33. The molecule has 0 aliphatic heterocycles. The van der Waals surface area contributed by atoms with Crippen LogP contribution in [0.4, 0.5) is 0 Å². The van der Waals surface area contributed by atoms with Gasteiger partial charge in [-0.25, -0.2) is 4.79 Å². The molecule has 0 saturated carbocycles. The number of carbonyl (C=O) groups excluding carboxylic acids is 2. The van der Waals surface area contributed by atoms with E-state index in [2.05, 4.69) is 15.6 Å². The van der Waals surface area contributed by atoms with Crippen molar-refractivity contribution in [2.24, 2.45) is 0 Å². The van der Waals surface area contributed by atoms with Gasteiger partial charge in [0, 0.05) is 36.9 Å². The van der Waals surface area contributed by atoms with Gasteiger partial charge in [0.2, 0.25) is 11.8 Å². The van der Waals surface area contributed by atoms with E-state index in [9.17, 15) is 19.5 Å². The van der Waals surface area contributed by atoms with E-state index in [1.807, 2.05) is 54.6 Å². The highest BCUT2D eigenvalue weighted by Gasteiger charge is 2.27. The number of nitrogens with one attached hydrogen (secondary N) is 3. The molecule has 3 aromatic rings. The molecule has 7 heteroatoms. The van der Waals surface area contributed by atoms with E-state index in [0.717, 1.165) is 22.0 Å². The summed E-state index contributed by atoms with van der Waals surface area (Å²) in [6.07, 6.45) is 2.15. The van der Waals surface area contributed by atoms with Gasteiger partial charge in [0.25, 0.3) is 0 Å². The van der Waals surface area contributed by atoms with Crippen LogP contribution in [0.1, 0.15) is 18.1 Å². The van der Waals surface area contributed by atoms with Gasteiger partial charge in [-0.3, -0.25) is 9.59 Å². The summed E-state index contributed by atoms with van der Waals surface area (Å²) in [5.41, 5.74) is 2.57. The number of hydrogen-bond acceptors (Lipinski definition) is 3. The number of carboxylic acids is 1. The van der Waals surface area contributed by atoms with Crippen LogP contribution in [-0.2, 0) is 27.2 Å². The normalized spacial score (nSPS) is 12.9. The summed E-state index contributed by atoms with van der Waals surface area (Å²) in [6, 6.07) is 14.8. The van der Waals surface area contributed by atoms with Crippen LogP contribution < -0.4 is 10.6 Å². The highest BCUT2D eigenvalue weighted by molar-refractivity contribution is 5.91. The van der Waals surface area contributed by atoms with Gasteiger partial charge < -0.3 is 20.7 Å². The van der Waals surface area contributed by atoms with E-state index in [1.165, 1.54) is 6.92 Å². The topological polar surface area (TPSA) is 111 Å². The number of rotatable bonds is 8. The smallest absolute Gasteiger partial charge is 0.326 e. The second-order valence-electron chi connectivity index (χ2n) is 6.91. The molecule has 1 aromatic heterocycles. The predicted molar refractivity (Wildman–Crippen MR) is 109 cm³/mol. The van der Waals surface area contributed by atoms with Crippen LogP contribution in [0.15, 0.2) is 60.8 Å². The highest BCUT2D eigenvalue weighted by Crippen LogP contribution is 2.19. The van der Waals surface area contributed by atoms with E-state index in [1.54, 1.807) is 6.20 Å². The lowest BCUT2D eigenvalue weighted by Crippen LogP contribution is -2.52. The molecule has 7 nitrogen and oxygen atoms in total. The van der Waals surface area contributed by atoms with E-state index < -0.39 is 24.0 Å². The molecule has 0 spiro atoms. The second-order valence-corrected chi connectivity index (χ2v) is 6.91. The second kappa shape index (κ2) is 9.05. The number of aliphatic carboxylic acids is 1. The molecule has 2 amide bonds. The van der Waals surface area contributed by atoms with E-state index >= 15 is 0 Å². The SMILES string of the molecule is CC(=O)N[C@H](Cc1ccccc1)C(=O)N[C@@H](Cc1c[nH]c2ccccc12)C(=O)O. The van der Waals surface area contributed by atoms with Crippen LogP contribution in [0.2, 0.25) is 0 Å². The van der Waals surface area contributed by atoms with Crippen molar-refractivity contribution in [3.05, 3.63) is 71.9 Å². The first-order chi connectivity index (χ1) is 13.9. The molecule has 0 unspecified atom stereocenters. The number of aromatic nitrogens is 1. The standard InChI is InChI=1S/C22H23N3O4/c1-14(26)24-19(11-15-7-3-2-4-8-15)21(27)25-20(22(28)29)12-16-13-23-18-10-6-5-9-17(16)18/h2-10,13,19-20,23H,11-12H2,1H3,(H,24,26)(H,25,27)(H,28,29)/t19-,20+/m1/s1. The third kappa shape index (κ3) is 5.22. The lowest BCUT2D eigenvalue weighted by molar-refractivity contribution is -0.142. The van der Waals surface area contributed by atoms with Crippen molar-refractivity contribution in [3.8, 4) is 0 Å². The van der Waals surface area contributed by atoms with Gasteiger partial charge in [-0.2, -0.15) is 0 Å². The molecule has 2 atom stereocenters. The Kier molecular flexibility index (Phi) is 6.29. The largest absolute Gasteiger partial charge is 0.480 e. The fourth-order valence-electron chi connectivity index (χ4n) is 3.30. The first-order valence-corrected chi connectivity index (χ1v) is 9.33. The Morgan fingerprint density at radius 3 is 2.31 bits per heavy atom. The molecular formula is C22H23N3O4. The quantitative estimate of drug-likeness (QED) is 0.469. The minimum Gasteiger partial charge on any atom is -0.480 e. The summed E-state index contributed by atoms with van der Waals surface area (Å²) in [7, 11) is 0. The summed E-state index contributed by atoms with van der Waals surface area (Å²) in [4.78, 5) is 39.2. The number of para-hydroxylation sites is 1. The van der Waals surface area contributed by atoms with Crippen molar-refractivity contribution >= 4 is 28.7 Å². The Labute approximate surface area is 168 Å². The monoisotopic (exact) mass is 393 g/mol. The van der Waals surface area contributed by atoms with Crippen molar-refractivity contribution in [2.75, 3.05) is 0 Å². The maximum Gasteiger partial charge on any atom is 0.326 e. The highest BCUT2D eigenvalue weighted by atomic mass is 16.4. The van der Waals surface area contributed by atoms with Crippen LogP contribution in [0, 0.1) is 0 Å². The van der Waals surface area contributed by atoms with Gasteiger partial charge in [-0.15, -0.1) is 0 Å². The Morgan fingerprint density at radius 1 is 0.931 bits per heavy atom. The van der Waals surface area contributed by atoms with E-state index in [4.69, 9.17) is 0 Å². The molecule has 0 radical (unpaired) electrons. The maximum absolute atomic E-state index is 12.8. The lowest BCUT2D eigenvalue weighted by atomic mass is 10.0. The van der Waals surface area contributed by atoms with Gasteiger partial charge in [-0.1, -0.05) is 48.5 Å². The summed E-state index contributed by atoms with van der Waals surface area (Å²) in [5, 5.41) is 15.7. The lowest BCUT2D eigenvalue weighted by Gasteiger charge is -2.21. The predicted octanol–water partition coefficient (Wildman–Crippen LogP) is 2.03. The Hall–Kier alpha value is -3.61. The Bertz CT molecular complexity index is 1010.